The SMILES string of the molecule is CCOC(=O)C(C(=O)OCC)[C@@H](NC(=O)OC(C)(C)C)c1ccccc1Cl. The summed E-state index contributed by atoms with van der Waals surface area (Å²) in [6, 6.07) is 5.45. The molecule has 8 heteroatoms. The fraction of sp³-hybridized carbons (Fsp3) is 0.526. The summed E-state index contributed by atoms with van der Waals surface area (Å²) in [7, 11) is 0. The molecule has 1 aromatic carbocycles. The third-order valence-corrected chi connectivity index (χ3v) is 3.67. The standard InChI is InChI=1S/C19H26ClNO6/c1-6-25-16(22)14(17(23)26-7-2)15(12-10-8-9-11-13(12)20)21-18(24)27-19(3,4)5/h8-11,14-15H,6-7H2,1-5H3,(H,21,24)/t15-/m0/s1. The lowest BCUT2D eigenvalue weighted by Crippen LogP contribution is -2.44. The minimum absolute atomic E-state index is 0.0659. The number of amides is 1. The largest absolute Gasteiger partial charge is 0.465 e. The van der Waals surface area contributed by atoms with Crippen molar-refractivity contribution in [1.29, 1.82) is 0 Å². The maximum Gasteiger partial charge on any atom is 0.408 e. The van der Waals surface area contributed by atoms with Crippen molar-refractivity contribution in [2.24, 2.45) is 5.92 Å². The molecule has 0 heterocycles. The molecule has 1 aromatic rings. The van der Waals surface area contributed by atoms with Crippen molar-refractivity contribution < 1.29 is 28.6 Å². The molecule has 27 heavy (non-hydrogen) atoms. The minimum Gasteiger partial charge on any atom is -0.465 e. The number of esters is 2. The Morgan fingerprint density at radius 3 is 2.00 bits per heavy atom. The van der Waals surface area contributed by atoms with Gasteiger partial charge in [-0.2, -0.15) is 0 Å². The van der Waals surface area contributed by atoms with Gasteiger partial charge in [0.1, 0.15) is 5.60 Å². The Bertz CT molecular complexity index is 652. The van der Waals surface area contributed by atoms with Gasteiger partial charge in [0.2, 0.25) is 0 Å². The monoisotopic (exact) mass is 399 g/mol. The van der Waals surface area contributed by atoms with Crippen LogP contribution in [0, 0.1) is 5.92 Å². The Kier molecular flexibility index (Phi) is 8.56. The van der Waals surface area contributed by atoms with Crippen molar-refractivity contribution in [1.82, 2.24) is 5.32 Å². The molecule has 0 aliphatic heterocycles. The molecule has 1 atom stereocenters. The summed E-state index contributed by atoms with van der Waals surface area (Å²) < 4.78 is 15.3. The molecule has 0 fully saturated rings. The number of alkyl carbamates (subject to hydrolysis) is 1. The molecule has 7 nitrogen and oxygen atoms in total. The van der Waals surface area contributed by atoms with Crippen molar-refractivity contribution >= 4 is 29.6 Å². The zero-order valence-electron chi connectivity index (χ0n) is 16.2. The van der Waals surface area contributed by atoms with E-state index in [0.717, 1.165) is 0 Å². The van der Waals surface area contributed by atoms with Gasteiger partial charge in [0.15, 0.2) is 5.92 Å². The molecule has 0 saturated carbocycles. The molecule has 1 rings (SSSR count). The third-order valence-electron chi connectivity index (χ3n) is 3.33. The fourth-order valence-electron chi connectivity index (χ4n) is 2.33. The zero-order valence-corrected chi connectivity index (χ0v) is 17.0. The summed E-state index contributed by atoms with van der Waals surface area (Å²) in [4.78, 5) is 37.3. The lowest BCUT2D eigenvalue weighted by molar-refractivity contribution is -0.163. The quantitative estimate of drug-likeness (QED) is 0.427. The van der Waals surface area contributed by atoms with E-state index >= 15 is 0 Å². The van der Waals surface area contributed by atoms with E-state index in [-0.39, 0.29) is 18.2 Å². The van der Waals surface area contributed by atoms with Gasteiger partial charge >= 0.3 is 18.0 Å². The Hall–Kier alpha value is -2.28. The fourth-order valence-corrected chi connectivity index (χ4v) is 2.59. The highest BCUT2D eigenvalue weighted by Gasteiger charge is 2.41. The van der Waals surface area contributed by atoms with E-state index < -0.39 is 35.6 Å². The Labute approximate surface area is 164 Å². The number of hydrogen-bond acceptors (Lipinski definition) is 6. The normalized spacial score (nSPS) is 12.3. The van der Waals surface area contributed by atoms with Gasteiger partial charge in [-0.3, -0.25) is 9.59 Å². The molecule has 0 aliphatic carbocycles. The number of ether oxygens (including phenoxy) is 3. The van der Waals surface area contributed by atoms with Gasteiger partial charge < -0.3 is 19.5 Å². The first-order chi connectivity index (χ1) is 12.6. The highest BCUT2D eigenvalue weighted by Crippen LogP contribution is 2.30. The topological polar surface area (TPSA) is 90.9 Å². The van der Waals surface area contributed by atoms with Gasteiger partial charge in [-0.05, 0) is 46.2 Å². The average Bonchev–Trinajstić information content (AvgIpc) is 2.53. The molecule has 1 N–H and O–H groups in total. The van der Waals surface area contributed by atoms with Crippen molar-refractivity contribution in [2.45, 2.75) is 46.3 Å². The molecule has 0 radical (unpaired) electrons. The van der Waals surface area contributed by atoms with Crippen molar-refractivity contribution in [3.05, 3.63) is 34.9 Å². The lowest BCUT2D eigenvalue weighted by Gasteiger charge is -2.28. The minimum atomic E-state index is -1.43. The summed E-state index contributed by atoms with van der Waals surface area (Å²) in [6.45, 7) is 8.46. The number of halogens is 1. The van der Waals surface area contributed by atoms with Crippen LogP contribution >= 0.6 is 11.6 Å². The second-order valence-electron chi connectivity index (χ2n) is 6.63. The van der Waals surface area contributed by atoms with Crippen molar-refractivity contribution in [3.8, 4) is 0 Å². The van der Waals surface area contributed by atoms with Crippen molar-refractivity contribution in [3.63, 3.8) is 0 Å². The second-order valence-corrected chi connectivity index (χ2v) is 7.03. The van der Waals surface area contributed by atoms with Crippen LogP contribution in [0.4, 0.5) is 4.79 Å². The molecule has 0 spiro atoms. The average molecular weight is 400 g/mol. The molecule has 0 unspecified atom stereocenters. The first kappa shape index (κ1) is 22.8. The van der Waals surface area contributed by atoms with Crippen molar-refractivity contribution in [2.75, 3.05) is 13.2 Å². The highest BCUT2D eigenvalue weighted by atomic mass is 35.5. The van der Waals surface area contributed by atoms with Crippen LogP contribution in [-0.2, 0) is 23.8 Å². The van der Waals surface area contributed by atoms with Crippen LogP contribution in [0.25, 0.3) is 0 Å². The number of benzene rings is 1. The smallest absolute Gasteiger partial charge is 0.408 e. The molecule has 1 amide bonds. The van der Waals surface area contributed by atoms with Crippen LogP contribution in [0.5, 0.6) is 0 Å². The molecule has 0 saturated heterocycles. The van der Waals surface area contributed by atoms with E-state index in [4.69, 9.17) is 25.8 Å². The predicted octanol–water partition coefficient (Wildman–Crippen LogP) is 3.65. The van der Waals surface area contributed by atoms with Gasteiger partial charge in [0.25, 0.3) is 0 Å². The third kappa shape index (κ3) is 7.09. The summed E-state index contributed by atoms with van der Waals surface area (Å²) in [5, 5.41) is 2.84. The highest BCUT2D eigenvalue weighted by molar-refractivity contribution is 6.31. The Morgan fingerprint density at radius 2 is 1.56 bits per heavy atom. The number of hydrogen-bond donors (Lipinski definition) is 1. The van der Waals surface area contributed by atoms with E-state index in [9.17, 15) is 14.4 Å². The molecule has 0 aliphatic rings. The van der Waals surface area contributed by atoms with E-state index in [0.29, 0.717) is 5.56 Å². The maximum absolute atomic E-state index is 12.5. The number of nitrogens with one attached hydrogen (secondary N) is 1. The summed E-state index contributed by atoms with van der Waals surface area (Å²) >= 11 is 6.25. The number of carbonyl (C=O) groups excluding carboxylic acids is 3. The van der Waals surface area contributed by atoms with Gasteiger partial charge in [-0.25, -0.2) is 4.79 Å². The number of carbonyl (C=O) groups is 3. The molecule has 150 valence electrons. The first-order valence-electron chi connectivity index (χ1n) is 8.67. The zero-order chi connectivity index (χ0) is 20.6. The molecular formula is C19H26ClNO6. The molecule has 0 bridgehead atoms. The van der Waals surface area contributed by atoms with Crippen LogP contribution in [0.1, 0.15) is 46.2 Å². The van der Waals surface area contributed by atoms with Crippen LogP contribution < -0.4 is 5.32 Å². The van der Waals surface area contributed by atoms with Crippen LogP contribution in [0.3, 0.4) is 0 Å². The van der Waals surface area contributed by atoms with Crippen LogP contribution in [0.15, 0.2) is 24.3 Å². The summed E-state index contributed by atoms with van der Waals surface area (Å²) in [5.41, 5.74) is -0.394. The van der Waals surface area contributed by atoms with Gasteiger partial charge in [0.05, 0.1) is 19.3 Å². The lowest BCUT2D eigenvalue weighted by atomic mass is 9.92. The maximum atomic E-state index is 12.5. The van der Waals surface area contributed by atoms with Gasteiger partial charge in [0, 0.05) is 5.02 Å². The van der Waals surface area contributed by atoms with Crippen LogP contribution in [0.2, 0.25) is 5.02 Å². The Morgan fingerprint density at radius 1 is 1.04 bits per heavy atom. The van der Waals surface area contributed by atoms with Gasteiger partial charge in [-0.1, -0.05) is 29.8 Å². The Balaban J connectivity index is 3.34. The van der Waals surface area contributed by atoms with Crippen LogP contribution in [-0.4, -0.2) is 36.8 Å². The first-order valence-corrected chi connectivity index (χ1v) is 9.05. The molecule has 0 aromatic heterocycles. The summed E-state index contributed by atoms with van der Waals surface area (Å²) in [6.07, 6.45) is -0.800. The number of rotatable bonds is 7. The molecular weight excluding hydrogens is 374 g/mol. The van der Waals surface area contributed by atoms with E-state index in [1.807, 2.05) is 0 Å². The van der Waals surface area contributed by atoms with E-state index in [1.54, 1.807) is 58.9 Å². The second kappa shape index (κ2) is 10.2. The summed E-state index contributed by atoms with van der Waals surface area (Å²) in [5.74, 6) is -3.08. The van der Waals surface area contributed by atoms with E-state index in [2.05, 4.69) is 5.32 Å². The predicted molar refractivity (Wildman–Crippen MR) is 100 cm³/mol. The van der Waals surface area contributed by atoms with E-state index in [1.165, 1.54) is 0 Å². The van der Waals surface area contributed by atoms with Gasteiger partial charge in [-0.15, -0.1) is 0 Å².